The highest BCUT2D eigenvalue weighted by molar-refractivity contribution is 5.52. The van der Waals surface area contributed by atoms with Gasteiger partial charge in [0, 0.05) is 50.2 Å². The van der Waals surface area contributed by atoms with E-state index in [2.05, 4.69) is 45.2 Å². The number of nitrogens with zero attached hydrogens (tertiary/aromatic N) is 4. The zero-order chi connectivity index (χ0) is 19.1. The largest absolute Gasteiger partial charge is 0.497 e. The van der Waals surface area contributed by atoms with Crippen molar-refractivity contribution in [2.75, 3.05) is 55.0 Å². The SMILES string of the molecule is CCCCCNc1nc(C)cc(N2CCN(c3ccc(OC)cc3)CC2)n1. The van der Waals surface area contributed by atoms with Gasteiger partial charge >= 0.3 is 0 Å². The van der Waals surface area contributed by atoms with Gasteiger partial charge < -0.3 is 19.9 Å². The van der Waals surface area contributed by atoms with Gasteiger partial charge in [0.05, 0.1) is 7.11 Å². The van der Waals surface area contributed by atoms with E-state index in [9.17, 15) is 0 Å². The second-order valence-electron chi connectivity index (χ2n) is 7.00. The maximum atomic E-state index is 5.25. The molecule has 1 aromatic carbocycles. The van der Waals surface area contributed by atoms with Crippen LogP contribution in [-0.2, 0) is 0 Å². The van der Waals surface area contributed by atoms with Crippen LogP contribution in [-0.4, -0.2) is 49.8 Å². The molecule has 146 valence electrons. The molecular weight excluding hydrogens is 338 g/mol. The number of ether oxygens (including phenoxy) is 1. The first-order valence-electron chi connectivity index (χ1n) is 9.93. The maximum Gasteiger partial charge on any atom is 0.224 e. The van der Waals surface area contributed by atoms with Gasteiger partial charge in [-0.15, -0.1) is 0 Å². The number of aryl methyl sites for hydroxylation is 1. The Morgan fingerprint density at radius 1 is 1.00 bits per heavy atom. The standard InChI is InChI=1S/C21H31N5O/c1-4-5-6-11-22-21-23-17(2)16-20(24-21)26-14-12-25(13-15-26)18-7-9-19(27-3)10-8-18/h7-10,16H,4-6,11-15H2,1-3H3,(H,22,23,24). The Hall–Kier alpha value is -2.50. The van der Waals surface area contributed by atoms with E-state index in [0.29, 0.717) is 0 Å². The number of nitrogens with one attached hydrogen (secondary N) is 1. The molecule has 0 spiro atoms. The highest BCUT2D eigenvalue weighted by atomic mass is 16.5. The highest BCUT2D eigenvalue weighted by Crippen LogP contribution is 2.23. The molecule has 0 atom stereocenters. The molecule has 1 saturated heterocycles. The van der Waals surface area contributed by atoms with Crippen LogP contribution >= 0.6 is 0 Å². The molecule has 1 aliphatic heterocycles. The summed E-state index contributed by atoms with van der Waals surface area (Å²) in [5.41, 5.74) is 2.25. The van der Waals surface area contributed by atoms with Crippen LogP contribution in [0.4, 0.5) is 17.5 Å². The van der Waals surface area contributed by atoms with Crippen LogP contribution in [0, 0.1) is 6.92 Å². The third-order valence-corrected chi connectivity index (χ3v) is 4.95. The summed E-state index contributed by atoms with van der Waals surface area (Å²) >= 11 is 0. The zero-order valence-electron chi connectivity index (χ0n) is 16.7. The molecule has 0 radical (unpaired) electrons. The Morgan fingerprint density at radius 2 is 1.70 bits per heavy atom. The number of unbranched alkanes of at least 4 members (excludes halogenated alkanes) is 2. The number of hydrogen-bond donors (Lipinski definition) is 1. The molecule has 0 unspecified atom stereocenters. The fraction of sp³-hybridized carbons (Fsp3) is 0.524. The van der Waals surface area contributed by atoms with Crippen LogP contribution in [0.1, 0.15) is 31.9 Å². The normalized spacial score (nSPS) is 14.3. The second kappa shape index (κ2) is 9.44. The first-order chi connectivity index (χ1) is 13.2. The fourth-order valence-corrected chi connectivity index (χ4v) is 3.35. The van der Waals surface area contributed by atoms with Crippen molar-refractivity contribution < 1.29 is 4.74 Å². The van der Waals surface area contributed by atoms with E-state index in [-0.39, 0.29) is 0 Å². The van der Waals surface area contributed by atoms with Gasteiger partial charge in [0.2, 0.25) is 5.95 Å². The van der Waals surface area contributed by atoms with Crippen LogP contribution < -0.4 is 19.9 Å². The number of hydrogen-bond acceptors (Lipinski definition) is 6. The van der Waals surface area contributed by atoms with E-state index in [1.165, 1.54) is 18.5 Å². The number of rotatable bonds is 8. The van der Waals surface area contributed by atoms with Gasteiger partial charge in [-0.3, -0.25) is 0 Å². The van der Waals surface area contributed by atoms with Crippen LogP contribution in [0.25, 0.3) is 0 Å². The summed E-state index contributed by atoms with van der Waals surface area (Å²) in [4.78, 5) is 14.0. The van der Waals surface area contributed by atoms with Gasteiger partial charge in [0.15, 0.2) is 0 Å². The summed E-state index contributed by atoms with van der Waals surface area (Å²) in [5, 5.41) is 3.37. The van der Waals surface area contributed by atoms with E-state index in [1.807, 2.05) is 19.1 Å². The number of anilines is 3. The lowest BCUT2D eigenvalue weighted by atomic mass is 10.2. The monoisotopic (exact) mass is 369 g/mol. The van der Waals surface area contributed by atoms with Crippen molar-refractivity contribution in [1.82, 2.24) is 9.97 Å². The molecule has 6 heteroatoms. The number of benzene rings is 1. The summed E-state index contributed by atoms with van der Waals surface area (Å²) in [6.45, 7) is 9.06. The van der Waals surface area contributed by atoms with Crippen LogP contribution in [0.15, 0.2) is 30.3 Å². The fourth-order valence-electron chi connectivity index (χ4n) is 3.35. The summed E-state index contributed by atoms with van der Waals surface area (Å²) < 4.78 is 5.25. The minimum absolute atomic E-state index is 0.749. The topological polar surface area (TPSA) is 53.5 Å². The van der Waals surface area contributed by atoms with Crippen molar-refractivity contribution in [2.24, 2.45) is 0 Å². The summed E-state index contributed by atoms with van der Waals surface area (Å²) in [6.07, 6.45) is 3.61. The van der Waals surface area contributed by atoms with E-state index in [0.717, 1.165) is 62.4 Å². The summed E-state index contributed by atoms with van der Waals surface area (Å²) in [7, 11) is 1.70. The molecule has 0 bridgehead atoms. The quantitative estimate of drug-likeness (QED) is 0.716. The average molecular weight is 370 g/mol. The van der Waals surface area contributed by atoms with Gasteiger partial charge in [0.25, 0.3) is 0 Å². The molecule has 0 amide bonds. The smallest absolute Gasteiger partial charge is 0.224 e. The molecule has 6 nitrogen and oxygen atoms in total. The van der Waals surface area contributed by atoms with Gasteiger partial charge in [-0.05, 0) is 37.6 Å². The van der Waals surface area contributed by atoms with Crippen molar-refractivity contribution in [3.05, 3.63) is 36.0 Å². The van der Waals surface area contributed by atoms with E-state index < -0.39 is 0 Å². The first kappa shape index (κ1) is 19.3. The lowest BCUT2D eigenvalue weighted by Gasteiger charge is -2.37. The van der Waals surface area contributed by atoms with Crippen LogP contribution in [0.5, 0.6) is 5.75 Å². The minimum atomic E-state index is 0.749. The Labute approximate surface area is 162 Å². The zero-order valence-corrected chi connectivity index (χ0v) is 16.7. The number of methoxy groups -OCH3 is 1. The molecule has 0 saturated carbocycles. The van der Waals surface area contributed by atoms with Crippen LogP contribution in [0.3, 0.4) is 0 Å². The van der Waals surface area contributed by atoms with Crippen molar-refractivity contribution in [3.63, 3.8) is 0 Å². The molecule has 0 aliphatic carbocycles. The molecule has 3 rings (SSSR count). The minimum Gasteiger partial charge on any atom is -0.497 e. The molecule has 1 N–H and O–H groups in total. The molecule has 1 aromatic heterocycles. The number of aromatic nitrogens is 2. The molecule has 2 heterocycles. The average Bonchev–Trinajstić information content (AvgIpc) is 2.71. The Kier molecular flexibility index (Phi) is 6.74. The summed E-state index contributed by atoms with van der Waals surface area (Å²) in [5.74, 6) is 2.67. The van der Waals surface area contributed by atoms with E-state index >= 15 is 0 Å². The Balaban J connectivity index is 1.58. The maximum absolute atomic E-state index is 5.25. The van der Waals surface area contributed by atoms with Gasteiger partial charge in [0.1, 0.15) is 11.6 Å². The predicted molar refractivity (Wildman–Crippen MR) is 112 cm³/mol. The third kappa shape index (κ3) is 5.25. The second-order valence-corrected chi connectivity index (χ2v) is 7.00. The predicted octanol–water partition coefficient (Wildman–Crippen LogP) is 3.72. The number of piperazine rings is 1. The highest BCUT2D eigenvalue weighted by Gasteiger charge is 2.19. The van der Waals surface area contributed by atoms with Gasteiger partial charge in [-0.1, -0.05) is 19.8 Å². The van der Waals surface area contributed by atoms with Gasteiger partial charge in [-0.2, -0.15) is 4.98 Å². The summed E-state index contributed by atoms with van der Waals surface area (Å²) in [6, 6.07) is 10.4. The molecule has 27 heavy (non-hydrogen) atoms. The van der Waals surface area contributed by atoms with Crippen LogP contribution in [0.2, 0.25) is 0 Å². The Bertz CT molecular complexity index is 711. The van der Waals surface area contributed by atoms with E-state index in [1.54, 1.807) is 7.11 Å². The van der Waals surface area contributed by atoms with E-state index in [4.69, 9.17) is 9.72 Å². The molecule has 1 fully saturated rings. The Morgan fingerprint density at radius 3 is 2.37 bits per heavy atom. The first-order valence-corrected chi connectivity index (χ1v) is 9.93. The lowest BCUT2D eigenvalue weighted by molar-refractivity contribution is 0.415. The van der Waals surface area contributed by atoms with Crippen molar-refractivity contribution in [3.8, 4) is 5.75 Å². The molecule has 1 aliphatic rings. The molecular formula is C21H31N5O. The lowest BCUT2D eigenvalue weighted by Crippen LogP contribution is -2.46. The van der Waals surface area contributed by atoms with Crippen molar-refractivity contribution >= 4 is 17.5 Å². The van der Waals surface area contributed by atoms with Gasteiger partial charge in [-0.25, -0.2) is 4.98 Å². The third-order valence-electron chi connectivity index (χ3n) is 4.95. The molecule has 2 aromatic rings. The van der Waals surface area contributed by atoms with Crippen molar-refractivity contribution in [1.29, 1.82) is 0 Å². The van der Waals surface area contributed by atoms with Crippen molar-refractivity contribution in [2.45, 2.75) is 33.1 Å².